The maximum absolute atomic E-state index is 15.1. The standard InChI is InChI=1S/C19H17F2N7O2/c1-10(26-30-7-6-29)15-9-23-18-19(24-15)28(27-25-18)11(2)16-13(20)8-14-12(17(16)21)4-3-5-22-14/h3-5,8-9,11,29H,6-7H2,1-2H3/b26-10-. The minimum absolute atomic E-state index is 0.0406. The van der Waals surface area contributed by atoms with E-state index in [1.54, 1.807) is 19.9 Å². The lowest BCUT2D eigenvalue weighted by atomic mass is 10.0. The molecule has 1 aromatic carbocycles. The third-order valence-electron chi connectivity index (χ3n) is 4.56. The number of hydrogen-bond acceptors (Lipinski definition) is 8. The Bertz CT molecular complexity index is 1260. The highest BCUT2D eigenvalue weighted by Crippen LogP contribution is 2.30. The maximum Gasteiger partial charge on any atom is 0.221 e. The van der Waals surface area contributed by atoms with E-state index in [4.69, 9.17) is 9.94 Å². The quantitative estimate of drug-likeness (QED) is 0.293. The molecule has 30 heavy (non-hydrogen) atoms. The van der Waals surface area contributed by atoms with E-state index < -0.39 is 17.7 Å². The van der Waals surface area contributed by atoms with Crippen molar-refractivity contribution in [3.05, 3.63) is 53.5 Å². The number of aliphatic hydroxyl groups excluding tert-OH is 1. The first-order valence-corrected chi connectivity index (χ1v) is 9.09. The van der Waals surface area contributed by atoms with Crippen molar-refractivity contribution >= 4 is 27.9 Å². The van der Waals surface area contributed by atoms with Crippen LogP contribution in [0, 0.1) is 11.6 Å². The van der Waals surface area contributed by atoms with E-state index in [2.05, 4.69) is 30.4 Å². The third-order valence-corrected chi connectivity index (χ3v) is 4.56. The third kappa shape index (κ3) is 3.43. The normalized spacial score (nSPS) is 13.2. The zero-order chi connectivity index (χ0) is 21.3. The van der Waals surface area contributed by atoms with Crippen molar-refractivity contribution in [1.82, 2.24) is 29.9 Å². The van der Waals surface area contributed by atoms with Gasteiger partial charge >= 0.3 is 0 Å². The molecule has 0 fully saturated rings. The minimum Gasteiger partial charge on any atom is -0.393 e. The predicted octanol–water partition coefficient (Wildman–Crippen LogP) is 2.39. The molecule has 0 saturated heterocycles. The smallest absolute Gasteiger partial charge is 0.221 e. The van der Waals surface area contributed by atoms with Gasteiger partial charge in [0.25, 0.3) is 0 Å². The molecular formula is C19H17F2N7O2. The highest BCUT2D eigenvalue weighted by molar-refractivity contribution is 5.97. The van der Waals surface area contributed by atoms with Gasteiger partial charge in [0.2, 0.25) is 5.65 Å². The summed E-state index contributed by atoms with van der Waals surface area (Å²) < 4.78 is 31.2. The van der Waals surface area contributed by atoms with Crippen molar-refractivity contribution in [1.29, 1.82) is 0 Å². The SMILES string of the molecule is C/C(=N/OCCO)c1cnc2nnn(C(C)c3c(F)cc4ncccc4c3F)c2n1. The second-order valence-corrected chi connectivity index (χ2v) is 6.50. The van der Waals surface area contributed by atoms with Crippen LogP contribution in [-0.4, -0.2) is 54.0 Å². The molecule has 3 heterocycles. The number of pyridine rings is 1. The number of aliphatic hydroxyl groups is 1. The van der Waals surface area contributed by atoms with Crippen molar-refractivity contribution < 1.29 is 18.7 Å². The number of nitrogens with zero attached hydrogens (tertiary/aromatic N) is 7. The van der Waals surface area contributed by atoms with Crippen LogP contribution in [0.5, 0.6) is 0 Å². The average Bonchev–Trinajstić information content (AvgIpc) is 3.17. The molecule has 0 bridgehead atoms. The van der Waals surface area contributed by atoms with Crippen LogP contribution in [0.1, 0.15) is 31.1 Å². The highest BCUT2D eigenvalue weighted by Gasteiger charge is 2.24. The van der Waals surface area contributed by atoms with Crippen LogP contribution in [0.25, 0.3) is 22.2 Å². The van der Waals surface area contributed by atoms with E-state index >= 15 is 4.39 Å². The highest BCUT2D eigenvalue weighted by atomic mass is 19.1. The molecule has 0 amide bonds. The van der Waals surface area contributed by atoms with E-state index in [9.17, 15) is 4.39 Å². The molecule has 1 unspecified atom stereocenters. The molecule has 11 heteroatoms. The van der Waals surface area contributed by atoms with Gasteiger partial charge in [0.1, 0.15) is 29.6 Å². The lowest BCUT2D eigenvalue weighted by molar-refractivity contribution is 0.0986. The number of rotatable bonds is 6. The van der Waals surface area contributed by atoms with Crippen LogP contribution in [0.2, 0.25) is 0 Å². The molecular weight excluding hydrogens is 396 g/mol. The van der Waals surface area contributed by atoms with Crippen LogP contribution in [-0.2, 0) is 4.84 Å². The molecule has 4 rings (SSSR count). The van der Waals surface area contributed by atoms with E-state index in [1.165, 1.54) is 29.2 Å². The fourth-order valence-electron chi connectivity index (χ4n) is 3.07. The van der Waals surface area contributed by atoms with Crippen molar-refractivity contribution in [2.24, 2.45) is 5.16 Å². The Labute approximate surface area is 169 Å². The van der Waals surface area contributed by atoms with Gasteiger partial charge in [0, 0.05) is 23.2 Å². The molecule has 0 spiro atoms. The Hall–Kier alpha value is -3.60. The average molecular weight is 413 g/mol. The summed E-state index contributed by atoms with van der Waals surface area (Å²) in [4.78, 5) is 17.5. The number of oxime groups is 1. The minimum atomic E-state index is -0.855. The summed E-state index contributed by atoms with van der Waals surface area (Å²) in [6.45, 7) is 3.12. The van der Waals surface area contributed by atoms with Crippen LogP contribution in [0.15, 0.2) is 35.7 Å². The van der Waals surface area contributed by atoms with Crippen molar-refractivity contribution in [3.8, 4) is 0 Å². The number of halogens is 2. The Balaban J connectivity index is 1.79. The van der Waals surface area contributed by atoms with Crippen LogP contribution < -0.4 is 0 Å². The van der Waals surface area contributed by atoms with E-state index in [-0.39, 0.29) is 41.0 Å². The second-order valence-electron chi connectivity index (χ2n) is 6.50. The maximum atomic E-state index is 15.1. The Morgan fingerprint density at radius 2 is 2.17 bits per heavy atom. The molecule has 4 aromatic rings. The summed E-state index contributed by atoms with van der Waals surface area (Å²) in [6, 6.07) is 3.46. The van der Waals surface area contributed by atoms with Gasteiger partial charge in [-0.1, -0.05) is 10.4 Å². The Morgan fingerprint density at radius 3 is 2.97 bits per heavy atom. The lowest BCUT2D eigenvalue weighted by Gasteiger charge is -2.15. The molecule has 0 saturated carbocycles. The monoisotopic (exact) mass is 413 g/mol. The first kappa shape index (κ1) is 19.7. The van der Waals surface area contributed by atoms with Crippen LogP contribution in [0.4, 0.5) is 8.78 Å². The largest absolute Gasteiger partial charge is 0.393 e. The summed E-state index contributed by atoms with van der Waals surface area (Å²) >= 11 is 0. The lowest BCUT2D eigenvalue weighted by Crippen LogP contribution is -2.14. The van der Waals surface area contributed by atoms with Gasteiger partial charge in [0.15, 0.2) is 5.65 Å². The molecule has 0 aliphatic carbocycles. The Morgan fingerprint density at radius 1 is 1.33 bits per heavy atom. The molecule has 1 N–H and O–H groups in total. The molecule has 154 valence electrons. The van der Waals surface area contributed by atoms with Gasteiger partial charge in [-0.2, -0.15) is 0 Å². The topological polar surface area (TPSA) is 111 Å². The van der Waals surface area contributed by atoms with Gasteiger partial charge < -0.3 is 9.94 Å². The number of benzene rings is 1. The molecule has 0 aliphatic rings. The first-order valence-electron chi connectivity index (χ1n) is 9.09. The van der Waals surface area contributed by atoms with E-state index in [0.717, 1.165) is 0 Å². The van der Waals surface area contributed by atoms with Gasteiger partial charge in [-0.15, -0.1) is 5.10 Å². The zero-order valence-electron chi connectivity index (χ0n) is 16.1. The molecule has 9 nitrogen and oxygen atoms in total. The van der Waals surface area contributed by atoms with Crippen molar-refractivity contribution in [3.63, 3.8) is 0 Å². The van der Waals surface area contributed by atoms with Crippen molar-refractivity contribution in [2.75, 3.05) is 13.2 Å². The summed E-state index contributed by atoms with van der Waals surface area (Å²) in [7, 11) is 0. The summed E-state index contributed by atoms with van der Waals surface area (Å²) in [6.07, 6.45) is 2.91. The first-order chi connectivity index (χ1) is 14.5. The molecule has 1 atom stereocenters. The molecule has 3 aromatic heterocycles. The summed E-state index contributed by atoms with van der Waals surface area (Å²) in [5, 5.41) is 20.8. The summed E-state index contributed by atoms with van der Waals surface area (Å²) in [5.41, 5.74) is 1.29. The fraction of sp³-hybridized carbons (Fsp3) is 0.263. The second kappa shape index (κ2) is 8.03. The number of hydrogen-bond donors (Lipinski definition) is 1. The molecule has 0 aliphatic heterocycles. The van der Waals surface area contributed by atoms with E-state index in [0.29, 0.717) is 11.4 Å². The van der Waals surface area contributed by atoms with Crippen LogP contribution >= 0.6 is 0 Å². The Kier molecular flexibility index (Phi) is 5.27. The van der Waals surface area contributed by atoms with Gasteiger partial charge in [-0.3, -0.25) is 4.98 Å². The fourth-order valence-corrected chi connectivity index (χ4v) is 3.07. The number of fused-ring (bicyclic) bond motifs is 2. The number of aromatic nitrogens is 6. The van der Waals surface area contributed by atoms with E-state index in [1.807, 2.05) is 0 Å². The van der Waals surface area contributed by atoms with Gasteiger partial charge in [-0.05, 0) is 26.0 Å². The van der Waals surface area contributed by atoms with Gasteiger partial charge in [-0.25, -0.2) is 23.4 Å². The summed E-state index contributed by atoms with van der Waals surface area (Å²) in [5.74, 6) is -1.46. The zero-order valence-corrected chi connectivity index (χ0v) is 16.1. The molecule has 0 radical (unpaired) electrons. The predicted molar refractivity (Wildman–Crippen MR) is 104 cm³/mol. The van der Waals surface area contributed by atoms with Crippen LogP contribution in [0.3, 0.4) is 0 Å². The van der Waals surface area contributed by atoms with Crippen molar-refractivity contribution in [2.45, 2.75) is 19.9 Å². The van der Waals surface area contributed by atoms with Gasteiger partial charge in [0.05, 0.1) is 24.4 Å².